The van der Waals surface area contributed by atoms with Crippen molar-refractivity contribution in [3.05, 3.63) is 71.3 Å². The highest BCUT2D eigenvalue weighted by molar-refractivity contribution is 6.05. The molecule has 2 amide bonds. The summed E-state index contributed by atoms with van der Waals surface area (Å²) in [5.41, 5.74) is 2.28. The number of methoxy groups -OCH3 is 1. The average Bonchev–Trinajstić information content (AvgIpc) is 3.03. The van der Waals surface area contributed by atoms with Crippen molar-refractivity contribution in [1.29, 1.82) is 0 Å². The molecule has 28 heavy (non-hydrogen) atoms. The van der Waals surface area contributed by atoms with Gasteiger partial charge in [-0.2, -0.15) is 5.10 Å². The summed E-state index contributed by atoms with van der Waals surface area (Å²) in [6.07, 6.45) is 0.296. The minimum atomic E-state index is -0.288. The van der Waals surface area contributed by atoms with Crippen molar-refractivity contribution in [1.82, 2.24) is 9.78 Å². The maximum Gasteiger partial charge on any atom is 0.257 e. The van der Waals surface area contributed by atoms with Crippen molar-refractivity contribution < 1.29 is 14.3 Å². The Balaban J connectivity index is 1.72. The van der Waals surface area contributed by atoms with Gasteiger partial charge in [0, 0.05) is 30.5 Å². The number of amides is 2. The first-order valence-electron chi connectivity index (χ1n) is 8.94. The van der Waals surface area contributed by atoms with Crippen LogP contribution in [0.1, 0.15) is 33.8 Å². The molecule has 0 radical (unpaired) electrons. The van der Waals surface area contributed by atoms with Gasteiger partial charge in [-0.15, -0.1) is 0 Å². The zero-order valence-electron chi connectivity index (χ0n) is 15.6. The molecule has 0 saturated carbocycles. The van der Waals surface area contributed by atoms with Crippen LogP contribution in [0.2, 0.25) is 0 Å². The summed E-state index contributed by atoms with van der Waals surface area (Å²) < 4.78 is 6.78. The van der Waals surface area contributed by atoms with Crippen LogP contribution in [0.5, 0.6) is 5.75 Å². The Bertz CT molecular complexity index is 1040. The molecule has 1 aliphatic rings. The molecule has 7 heteroatoms. The topological polar surface area (TPSA) is 85.2 Å². The lowest BCUT2D eigenvalue weighted by molar-refractivity contribution is -0.116. The van der Waals surface area contributed by atoms with Crippen LogP contribution in [0.25, 0.3) is 0 Å². The summed E-state index contributed by atoms with van der Waals surface area (Å²) in [6.45, 7) is 0. The summed E-state index contributed by atoms with van der Waals surface area (Å²) in [5, 5.41) is 10.2. The van der Waals surface area contributed by atoms with Crippen LogP contribution >= 0.6 is 0 Å². The SMILES string of the molecule is COc1cccc(C(=O)Nc2nn(C)c3c2[C@@H](c2ccccc2)CC(=O)N3)c1. The summed E-state index contributed by atoms with van der Waals surface area (Å²) >= 11 is 0. The summed E-state index contributed by atoms with van der Waals surface area (Å²) in [6, 6.07) is 16.7. The minimum absolute atomic E-state index is 0.0741. The van der Waals surface area contributed by atoms with Gasteiger partial charge in [-0.25, -0.2) is 0 Å². The van der Waals surface area contributed by atoms with Gasteiger partial charge in [0.2, 0.25) is 5.91 Å². The number of aromatic nitrogens is 2. The molecule has 7 nitrogen and oxygen atoms in total. The largest absolute Gasteiger partial charge is 0.497 e. The van der Waals surface area contributed by atoms with Crippen molar-refractivity contribution >= 4 is 23.5 Å². The van der Waals surface area contributed by atoms with Gasteiger partial charge in [-0.3, -0.25) is 14.3 Å². The van der Waals surface area contributed by atoms with Crippen LogP contribution in [-0.2, 0) is 11.8 Å². The van der Waals surface area contributed by atoms with Gasteiger partial charge >= 0.3 is 0 Å². The Morgan fingerprint density at radius 3 is 2.75 bits per heavy atom. The van der Waals surface area contributed by atoms with Crippen LogP contribution < -0.4 is 15.4 Å². The number of benzene rings is 2. The molecule has 0 aliphatic carbocycles. The van der Waals surface area contributed by atoms with E-state index in [0.29, 0.717) is 29.4 Å². The van der Waals surface area contributed by atoms with Crippen LogP contribution in [0.3, 0.4) is 0 Å². The Morgan fingerprint density at radius 1 is 1.21 bits per heavy atom. The molecule has 0 bridgehead atoms. The van der Waals surface area contributed by atoms with Crippen LogP contribution in [0.15, 0.2) is 54.6 Å². The Morgan fingerprint density at radius 2 is 2.00 bits per heavy atom. The van der Waals surface area contributed by atoms with Gasteiger partial charge in [0.25, 0.3) is 5.91 Å². The molecule has 3 aromatic rings. The molecule has 2 heterocycles. The van der Waals surface area contributed by atoms with Gasteiger partial charge in [-0.1, -0.05) is 36.4 Å². The zero-order chi connectivity index (χ0) is 19.7. The molecule has 0 spiro atoms. The fourth-order valence-electron chi connectivity index (χ4n) is 3.50. The van der Waals surface area contributed by atoms with Gasteiger partial charge in [0.1, 0.15) is 11.6 Å². The van der Waals surface area contributed by atoms with Gasteiger partial charge in [-0.05, 0) is 23.8 Å². The van der Waals surface area contributed by atoms with E-state index in [1.807, 2.05) is 30.3 Å². The van der Waals surface area contributed by atoms with Gasteiger partial charge in [0.05, 0.1) is 7.11 Å². The Hall–Kier alpha value is -3.61. The van der Waals surface area contributed by atoms with E-state index in [-0.39, 0.29) is 17.7 Å². The number of carbonyl (C=O) groups excluding carboxylic acids is 2. The van der Waals surface area contributed by atoms with E-state index in [0.717, 1.165) is 11.1 Å². The maximum atomic E-state index is 12.8. The number of ether oxygens (including phenoxy) is 1. The lowest BCUT2D eigenvalue weighted by Gasteiger charge is -2.24. The number of fused-ring (bicyclic) bond motifs is 1. The van der Waals surface area contributed by atoms with E-state index in [2.05, 4.69) is 15.7 Å². The Kier molecular flexibility index (Phi) is 4.57. The Labute approximate surface area is 162 Å². The molecule has 4 rings (SSSR count). The second-order valence-electron chi connectivity index (χ2n) is 6.64. The quantitative estimate of drug-likeness (QED) is 0.732. The molecule has 0 fully saturated rings. The highest BCUT2D eigenvalue weighted by Crippen LogP contribution is 2.41. The third-order valence-electron chi connectivity index (χ3n) is 4.85. The molecule has 2 N–H and O–H groups in total. The number of carbonyl (C=O) groups is 2. The number of nitrogens with zero attached hydrogens (tertiary/aromatic N) is 2. The first-order valence-corrected chi connectivity index (χ1v) is 8.94. The van der Waals surface area contributed by atoms with E-state index in [4.69, 9.17) is 4.74 Å². The first kappa shape index (κ1) is 17.8. The van der Waals surface area contributed by atoms with E-state index in [9.17, 15) is 9.59 Å². The number of nitrogens with one attached hydrogen (secondary N) is 2. The minimum Gasteiger partial charge on any atom is -0.497 e. The van der Waals surface area contributed by atoms with Crippen LogP contribution in [0.4, 0.5) is 11.6 Å². The molecule has 142 valence electrons. The van der Waals surface area contributed by atoms with E-state index in [1.54, 1.807) is 43.1 Å². The first-order chi connectivity index (χ1) is 13.6. The number of rotatable bonds is 4. The van der Waals surface area contributed by atoms with Gasteiger partial charge in [0.15, 0.2) is 5.82 Å². The second-order valence-corrected chi connectivity index (χ2v) is 6.64. The maximum absolute atomic E-state index is 12.8. The van der Waals surface area contributed by atoms with E-state index >= 15 is 0 Å². The molecule has 0 unspecified atom stereocenters. The zero-order valence-corrected chi connectivity index (χ0v) is 15.6. The third-order valence-corrected chi connectivity index (χ3v) is 4.85. The number of anilines is 2. The van der Waals surface area contributed by atoms with Crippen molar-refractivity contribution in [2.75, 3.05) is 17.7 Å². The number of hydrogen-bond acceptors (Lipinski definition) is 4. The van der Waals surface area contributed by atoms with Crippen molar-refractivity contribution in [3.63, 3.8) is 0 Å². The highest BCUT2D eigenvalue weighted by Gasteiger charge is 2.33. The predicted octanol–water partition coefficient (Wildman–Crippen LogP) is 3.16. The van der Waals surface area contributed by atoms with Crippen LogP contribution in [0, 0.1) is 0 Å². The summed E-state index contributed by atoms with van der Waals surface area (Å²) in [7, 11) is 3.30. The lowest BCUT2D eigenvalue weighted by atomic mass is 9.86. The second kappa shape index (κ2) is 7.19. The summed E-state index contributed by atoms with van der Waals surface area (Å²) in [5.74, 6) is 1.10. The molecular weight excluding hydrogens is 356 g/mol. The fourth-order valence-corrected chi connectivity index (χ4v) is 3.50. The molecular formula is C21H20N4O3. The number of aryl methyl sites for hydroxylation is 1. The monoisotopic (exact) mass is 376 g/mol. The molecule has 1 aromatic heterocycles. The van der Waals surface area contributed by atoms with Crippen molar-refractivity contribution in [2.24, 2.45) is 7.05 Å². The van der Waals surface area contributed by atoms with Gasteiger partial charge < -0.3 is 15.4 Å². The molecule has 1 aliphatic heterocycles. The number of hydrogen-bond donors (Lipinski definition) is 2. The van der Waals surface area contributed by atoms with Crippen molar-refractivity contribution in [3.8, 4) is 5.75 Å². The lowest BCUT2D eigenvalue weighted by Crippen LogP contribution is -2.25. The van der Waals surface area contributed by atoms with E-state index < -0.39 is 0 Å². The molecule has 2 aromatic carbocycles. The van der Waals surface area contributed by atoms with Crippen LogP contribution in [-0.4, -0.2) is 28.7 Å². The summed E-state index contributed by atoms with van der Waals surface area (Å²) in [4.78, 5) is 25.0. The average molecular weight is 376 g/mol. The smallest absolute Gasteiger partial charge is 0.257 e. The van der Waals surface area contributed by atoms with Crippen molar-refractivity contribution in [2.45, 2.75) is 12.3 Å². The normalized spacial score (nSPS) is 15.5. The molecule has 1 atom stereocenters. The fraction of sp³-hybridized carbons (Fsp3) is 0.190. The molecule has 0 saturated heterocycles. The highest BCUT2D eigenvalue weighted by atomic mass is 16.5. The standard InChI is InChI=1S/C21H20N4O3/c1-25-20-18(16(12-17(26)22-20)13-7-4-3-5-8-13)19(24-25)23-21(27)14-9-6-10-15(11-14)28-2/h3-11,16H,12H2,1-2H3,(H,22,26)(H,23,24,27)/t16-/m1/s1. The third kappa shape index (κ3) is 3.22. The predicted molar refractivity (Wildman–Crippen MR) is 106 cm³/mol. The van der Waals surface area contributed by atoms with E-state index in [1.165, 1.54) is 0 Å².